The Morgan fingerprint density at radius 1 is 1.32 bits per heavy atom. The second-order valence-electron chi connectivity index (χ2n) is 7.01. The molecule has 1 fully saturated rings. The summed E-state index contributed by atoms with van der Waals surface area (Å²) in [4.78, 5) is 27.1. The monoisotopic (exact) mass is 378 g/mol. The summed E-state index contributed by atoms with van der Waals surface area (Å²) < 4.78 is 5.38. The molecule has 1 saturated heterocycles. The van der Waals surface area contributed by atoms with Crippen molar-refractivity contribution in [3.05, 3.63) is 54.3 Å². The largest absolute Gasteiger partial charge is 0.339 e. The van der Waals surface area contributed by atoms with Crippen molar-refractivity contribution in [1.29, 1.82) is 0 Å². The molecule has 144 valence electrons. The van der Waals surface area contributed by atoms with E-state index in [9.17, 15) is 4.79 Å². The predicted molar refractivity (Wildman–Crippen MR) is 104 cm³/mol. The lowest BCUT2D eigenvalue weighted by atomic mass is 9.95. The molecule has 0 bridgehead atoms. The van der Waals surface area contributed by atoms with Gasteiger partial charge in [-0.3, -0.25) is 4.98 Å². The van der Waals surface area contributed by atoms with Crippen LogP contribution in [-0.4, -0.2) is 44.1 Å². The van der Waals surface area contributed by atoms with Crippen LogP contribution >= 0.6 is 0 Å². The number of urea groups is 1. The number of anilines is 1. The minimum atomic E-state index is -0.0650. The van der Waals surface area contributed by atoms with Crippen molar-refractivity contribution in [2.24, 2.45) is 5.92 Å². The predicted octanol–water partition coefficient (Wildman–Crippen LogP) is 3.32. The van der Waals surface area contributed by atoms with Crippen LogP contribution in [-0.2, 0) is 6.42 Å². The molecule has 3 aromatic rings. The molecule has 0 aliphatic carbocycles. The molecule has 0 radical (unpaired) electrons. The minimum absolute atomic E-state index is 0.0650. The Morgan fingerprint density at radius 2 is 2.21 bits per heavy atom. The number of benzene rings is 1. The zero-order valence-electron chi connectivity index (χ0n) is 15.7. The molecule has 0 unspecified atom stereocenters. The van der Waals surface area contributed by atoms with Crippen molar-refractivity contribution in [3.63, 3.8) is 0 Å². The Morgan fingerprint density at radius 3 is 3.04 bits per heavy atom. The Kier molecular flexibility index (Phi) is 5.27. The molecule has 1 atom stereocenters. The number of hydrogen-bond donors (Lipinski definition) is 1. The molecule has 1 aliphatic rings. The van der Waals surface area contributed by atoms with E-state index in [1.807, 2.05) is 36.1 Å². The third kappa shape index (κ3) is 4.16. The highest BCUT2D eigenvalue weighted by Crippen LogP contribution is 2.23. The van der Waals surface area contributed by atoms with Crippen molar-refractivity contribution in [1.82, 2.24) is 25.0 Å². The number of aryl methyl sites for hydroxylation is 1. The van der Waals surface area contributed by atoms with E-state index in [0.29, 0.717) is 30.4 Å². The van der Waals surface area contributed by atoms with Crippen LogP contribution in [0.3, 0.4) is 0 Å². The van der Waals surface area contributed by atoms with Gasteiger partial charge in [0.25, 0.3) is 0 Å². The number of carbonyl (C=O) groups is 1. The molecule has 3 heterocycles. The maximum Gasteiger partial charge on any atom is 0.321 e. The van der Waals surface area contributed by atoms with Gasteiger partial charge in [-0.05, 0) is 37.3 Å². The van der Waals surface area contributed by atoms with Crippen molar-refractivity contribution >= 4 is 11.7 Å². The topological polar surface area (TPSA) is 97.0 Å². The first-order chi connectivity index (χ1) is 13.7. The van der Waals surface area contributed by atoms with E-state index in [4.69, 9.17) is 4.52 Å². The number of rotatable bonds is 4. The second-order valence-corrected chi connectivity index (χ2v) is 7.01. The van der Waals surface area contributed by atoms with Gasteiger partial charge in [0, 0.05) is 37.6 Å². The third-order valence-corrected chi connectivity index (χ3v) is 4.92. The van der Waals surface area contributed by atoms with Crippen molar-refractivity contribution < 1.29 is 9.32 Å². The van der Waals surface area contributed by atoms with E-state index < -0.39 is 0 Å². The van der Waals surface area contributed by atoms with Gasteiger partial charge in [0.05, 0.1) is 6.20 Å². The summed E-state index contributed by atoms with van der Waals surface area (Å²) in [5.74, 6) is 1.28. The second kappa shape index (κ2) is 8.16. The molecule has 4 rings (SSSR count). The van der Waals surface area contributed by atoms with Crippen LogP contribution in [0, 0.1) is 12.8 Å². The van der Waals surface area contributed by atoms with E-state index in [1.165, 1.54) is 0 Å². The van der Waals surface area contributed by atoms with Gasteiger partial charge < -0.3 is 14.7 Å². The van der Waals surface area contributed by atoms with Gasteiger partial charge >= 0.3 is 6.03 Å². The number of aromatic nitrogens is 4. The minimum Gasteiger partial charge on any atom is -0.339 e. The van der Waals surface area contributed by atoms with E-state index in [0.717, 1.165) is 30.6 Å². The average Bonchev–Trinajstić information content (AvgIpc) is 3.19. The van der Waals surface area contributed by atoms with Gasteiger partial charge in [0.15, 0.2) is 0 Å². The zero-order valence-corrected chi connectivity index (χ0v) is 15.7. The standard InChI is InChI=1S/C20H22N6O2/c1-14-5-2-3-7-16(14)23-20(27)26-10-4-6-15(13-26)11-18-24-19(25-28-18)17-12-21-8-9-22-17/h2-3,5,7-9,12,15H,4,6,10-11,13H2,1H3,(H,23,27)/t15-/m0/s1. The quantitative estimate of drug-likeness (QED) is 0.748. The molecule has 8 nitrogen and oxygen atoms in total. The van der Waals surface area contributed by atoms with Crippen LogP contribution < -0.4 is 5.32 Å². The number of likely N-dealkylation sites (tertiary alicyclic amines) is 1. The Balaban J connectivity index is 1.37. The fourth-order valence-electron chi connectivity index (χ4n) is 3.43. The van der Waals surface area contributed by atoms with Gasteiger partial charge in [0.1, 0.15) is 5.69 Å². The third-order valence-electron chi connectivity index (χ3n) is 4.92. The molecule has 28 heavy (non-hydrogen) atoms. The van der Waals surface area contributed by atoms with Crippen molar-refractivity contribution in [3.8, 4) is 11.5 Å². The SMILES string of the molecule is Cc1ccccc1NC(=O)N1CCC[C@@H](Cc2nc(-c3cnccn3)no2)C1. The van der Waals surface area contributed by atoms with Crippen molar-refractivity contribution in [2.75, 3.05) is 18.4 Å². The first-order valence-electron chi connectivity index (χ1n) is 9.39. The molecule has 8 heteroatoms. The molecule has 2 amide bonds. The van der Waals surface area contributed by atoms with Crippen LogP contribution in [0.5, 0.6) is 0 Å². The van der Waals surface area contributed by atoms with Gasteiger partial charge in [-0.2, -0.15) is 4.98 Å². The first kappa shape index (κ1) is 18.1. The van der Waals surface area contributed by atoms with E-state index >= 15 is 0 Å². The summed E-state index contributed by atoms with van der Waals surface area (Å²) in [7, 11) is 0. The molecule has 1 N–H and O–H groups in total. The van der Waals surface area contributed by atoms with Crippen LogP contribution in [0.25, 0.3) is 11.5 Å². The molecule has 0 saturated carbocycles. The van der Waals surface area contributed by atoms with Crippen LogP contribution in [0.4, 0.5) is 10.5 Å². The number of para-hydroxylation sites is 1. The molecule has 1 aromatic carbocycles. The lowest BCUT2D eigenvalue weighted by molar-refractivity contribution is 0.173. The summed E-state index contributed by atoms with van der Waals surface area (Å²) >= 11 is 0. The summed E-state index contributed by atoms with van der Waals surface area (Å²) in [5, 5.41) is 7.00. The molecular weight excluding hydrogens is 356 g/mol. The number of hydrogen-bond acceptors (Lipinski definition) is 6. The maximum atomic E-state index is 12.7. The van der Waals surface area contributed by atoms with E-state index in [2.05, 4.69) is 25.4 Å². The smallest absolute Gasteiger partial charge is 0.321 e. The van der Waals surface area contributed by atoms with E-state index in [-0.39, 0.29) is 11.9 Å². The number of amides is 2. The summed E-state index contributed by atoms with van der Waals surface area (Å²) in [6.45, 7) is 3.41. The Bertz CT molecular complexity index is 943. The van der Waals surface area contributed by atoms with Crippen LogP contribution in [0.2, 0.25) is 0 Å². The summed E-state index contributed by atoms with van der Waals surface area (Å²) in [6.07, 6.45) is 7.42. The molecule has 1 aliphatic heterocycles. The lowest BCUT2D eigenvalue weighted by Gasteiger charge is -2.32. The average molecular weight is 378 g/mol. The number of carbonyl (C=O) groups excluding carboxylic acids is 1. The number of nitrogens with one attached hydrogen (secondary N) is 1. The fraction of sp³-hybridized carbons (Fsp3) is 0.350. The fourth-order valence-corrected chi connectivity index (χ4v) is 3.43. The normalized spacial score (nSPS) is 16.8. The van der Waals surface area contributed by atoms with Crippen molar-refractivity contribution in [2.45, 2.75) is 26.2 Å². The first-order valence-corrected chi connectivity index (χ1v) is 9.39. The highest BCUT2D eigenvalue weighted by Gasteiger charge is 2.26. The maximum absolute atomic E-state index is 12.7. The van der Waals surface area contributed by atoms with Crippen LogP contribution in [0.15, 0.2) is 47.4 Å². The Labute approximate surface area is 163 Å². The summed E-state index contributed by atoms with van der Waals surface area (Å²) in [5.41, 5.74) is 2.48. The van der Waals surface area contributed by atoms with Gasteiger partial charge in [-0.15, -0.1) is 0 Å². The summed E-state index contributed by atoms with van der Waals surface area (Å²) in [6, 6.07) is 7.72. The highest BCUT2D eigenvalue weighted by atomic mass is 16.5. The van der Waals surface area contributed by atoms with Gasteiger partial charge in [0.2, 0.25) is 11.7 Å². The molecule has 0 spiro atoms. The van der Waals surface area contributed by atoms with Gasteiger partial charge in [-0.1, -0.05) is 23.4 Å². The van der Waals surface area contributed by atoms with E-state index in [1.54, 1.807) is 18.6 Å². The molecular formula is C20H22N6O2. The lowest BCUT2D eigenvalue weighted by Crippen LogP contribution is -2.42. The zero-order chi connectivity index (χ0) is 19.3. The molecule has 2 aromatic heterocycles. The number of nitrogens with zero attached hydrogens (tertiary/aromatic N) is 5. The van der Waals surface area contributed by atoms with Gasteiger partial charge in [-0.25, -0.2) is 9.78 Å². The van der Waals surface area contributed by atoms with Crippen LogP contribution in [0.1, 0.15) is 24.3 Å². The highest BCUT2D eigenvalue weighted by molar-refractivity contribution is 5.90. The Hall–Kier alpha value is -3.29. The number of piperidine rings is 1.